The van der Waals surface area contributed by atoms with Crippen molar-refractivity contribution in [2.75, 3.05) is 48.1 Å². The third-order valence-electron chi connectivity index (χ3n) is 5.53. The van der Waals surface area contributed by atoms with Crippen LogP contribution >= 0.6 is 0 Å². The molecule has 0 spiro atoms. The summed E-state index contributed by atoms with van der Waals surface area (Å²) < 4.78 is 28.7. The summed E-state index contributed by atoms with van der Waals surface area (Å²) in [5.41, 5.74) is 1.66. The largest absolute Gasteiger partial charge is 0.539 e. The zero-order chi connectivity index (χ0) is 29.7. The molecular formula is C29H35NO10. The van der Waals surface area contributed by atoms with E-state index in [1.165, 1.54) is 31.5 Å². The molecule has 0 saturated carbocycles. The van der Waals surface area contributed by atoms with Crippen molar-refractivity contribution in [2.24, 2.45) is 0 Å². The average Bonchev–Trinajstić information content (AvgIpc) is 3.41. The summed E-state index contributed by atoms with van der Waals surface area (Å²) in [7, 11) is 7.12. The van der Waals surface area contributed by atoms with E-state index in [1.54, 1.807) is 12.1 Å². The Bertz CT molecular complexity index is 1300. The highest BCUT2D eigenvalue weighted by atomic mass is 16.5. The van der Waals surface area contributed by atoms with Gasteiger partial charge in [0, 0.05) is 0 Å². The van der Waals surface area contributed by atoms with Gasteiger partial charge in [0.15, 0.2) is 23.1 Å². The number of methoxy groups -OCH3 is 2. The molecule has 0 aliphatic heterocycles. The molecular weight excluding hydrogens is 522 g/mol. The molecule has 2 aromatic carbocycles. The molecule has 1 heterocycles. The number of ether oxygens (including phenoxy) is 4. The number of likely N-dealkylation sites (N-methyl/N-ethyl adjacent to an activating group) is 1. The van der Waals surface area contributed by atoms with E-state index in [0.29, 0.717) is 47.0 Å². The van der Waals surface area contributed by atoms with E-state index in [4.69, 9.17) is 43.2 Å². The van der Waals surface area contributed by atoms with E-state index in [0.717, 1.165) is 30.7 Å². The lowest BCUT2D eigenvalue weighted by Crippen LogP contribution is -3.06. The Balaban J connectivity index is 0.000000840. The van der Waals surface area contributed by atoms with Crippen LogP contribution in [0.25, 0.3) is 17.0 Å². The van der Waals surface area contributed by atoms with Crippen molar-refractivity contribution in [3.8, 4) is 23.0 Å². The summed E-state index contributed by atoms with van der Waals surface area (Å²) in [5.74, 6) is -2.37. The van der Waals surface area contributed by atoms with Gasteiger partial charge in [-0.05, 0) is 36.3 Å². The van der Waals surface area contributed by atoms with Crippen molar-refractivity contribution in [3.05, 3.63) is 53.8 Å². The Morgan fingerprint density at radius 3 is 2.17 bits per heavy atom. The highest BCUT2D eigenvalue weighted by molar-refractivity contribution is 6.26. The molecule has 0 unspecified atom stereocenters. The van der Waals surface area contributed by atoms with Gasteiger partial charge < -0.3 is 43.3 Å². The second-order valence-corrected chi connectivity index (χ2v) is 8.80. The molecule has 0 fully saturated rings. The number of fused-ring (bicyclic) bond motifs is 1. The summed E-state index contributed by atoms with van der Waals surface area (Å²) >= 11 is 0. The second-order valence-electron chi connectivity index (χ2n) is 8.80. The number of carboxylic acid groups (broad SMARTS) is 2. The SMILES string of the molecule is CCCCOc1ccc(/C=C/C(=O)c2c(OCC[NH+](C)C)c(OC)c3occc3c2OC)cc1.O=C([O-])C(=O)O. The molecule has 0 saturated heterocycles. The van der Waals surface area contributed by atoms with Gasteiger partial charge in [-0.15, -0.1) is 0 Å². The lowest BCUT2D eigenvalue weighted by atomic mass is 10.0. The predicted molar refractivity (Wildman–Crippen MR) is 145 cm³/mol. The monoisotopic (exact) mass is 557 g/mol. The van der Waals surface area contributed by atoms with Gasteiger partial charge >= 0.3 is 5.97 Å². The molecule has 0 aliphatic rings. The molecule has 40 heavy (non-hydrogen) atoms. The van der Waals surface area contributed by atoms with Crippen molar-refractivity contribution < 1.29 is 52.9 Å². The third-order valence-corrected chi connectivity index (χ3v) is 5.53. The molecule has 1 aromatic heterocycles. The van der Waals surface area contributed by atoms with Crippen LogP contribution < -0.4 is 29.0 Å². The Hall–Kier alpha value is -4.51. The van der Waals surface area contributed by atoms with Crippen LogP contribution in [0, 0.1) is 0 Å². The maximum absolute atomic E-state index is 13.4. The summed E-state index contributed by atoms with van der Waals surface area (Å²) in [5, 5.41) is 17.0. The standard InChI is InChI=1S/C27H33NO6.C2H2O4/c1-6-7-16-32-20-11-8-19(9-12-20)10-13-22(29)23-24(30-4)21-14-17-33-25(21)27(31-5)26(23)34-18-15-28(2)3;3-1(4)2(5)6/h8-14,17H,6-7,15-16,18H2,1-5H3;(H,3,4)(H,5,6)/b13-10+;. The Morgan fingerprint density at radius 2 is 1.62 bits per heavy atom. The van der Waals surface area contributed by atoms with Gasteiger partial charge in [0.25, 0.3) is 0 Å². The van der Waals surface area contributed by atoms with Crippen LogP contribution in [0.3, 0.4) is 0 Å². The Kier molecular flexibility index (Phi) is 12.5. The van der Waals surface area contributed by atoms with Crippen LogP contribution in [-0.2, 0) is 9.59 Å². The van der Waals surface area contributed by atoms with E-state index in [1.807, 2.05) is 38.4 Å². The lowest BCUT2D eigenvalue weighted by Gasteiger charge is -2.18. The van der Waals surface area contributed by atoms with Crippen LogP contribution in [0.2, 0.25) is 0 Å². The number of hydrogen-bond donors (Lipinski definition) is 2. The highest BCUT2D eigenvalue weighted by Crippen LogP contribution is 2.46. The second kappa shape index (κ2) is 15.8. The van der Waals surface area contributed by atoms with Gasteiger partial charge in [0.05, 0.1) is 46.6 Å². The van der Waals surface area contributed by atoms with Gasteiger partial charge in [-0.25, -0.2) is 4.79 Å². The quantitative estimate of drug-likeness (QED) is 0.138. The minimum absolute atomic E-state index is 0.256. The molecule has 3 rings (SSSR count). The van der Waals surface area contributed by atoms with E-state index in [9.17, 15) is 4.79 Å². The van der Waals surface area contributed by atoms with Gasteiger partial charge in [-0.2, -0.15) is 0 Å². The number of quaternary nitrogens is 1. The predicted octanol–water partition coefficient (Wildman–Crippen LogP) is 1.87. The van der Waals surface area contributed by atoms with E-state index in [2.05, 4.69) is 6.92 Å². The Labute approximate surface area is 232 Å². The van der Waals surface area contributed by atoms with Gasteiger partial charge in [0.1, 0.15) is 30.2 Å². The number of carboxylic acids is 2. The molecule has 11 nitrogen and oxygen atoms in total. The minimum atomic E-state index is -2.07. The number of carbonyl (C=O) groups excluding carboxylic acids is 2. The first-order chi connectivity index (χ1) is 19.1. The highest BCUT2D eigenvalue weighted by Gasteiger charge is 2.28. The summed E-state index contributed by atoms with van der Waals surface area (Å²) in [6.07, 6.45) is 6.92. The van der Waals surface area contributed by atoms with Crippen LogP contribution in [-0.4, -0.2) is 70.9 Å². The fraction of sp³-hybridized carbons (Fsp3) is 0.345. The van der Waals surface area contributed by atoms with E-state index < -0.39 is 11.9 Å². The number of ketones is 1. The number of benzene rings is 2. The van der Waals surface area contributed by atoms with Crippen molar-refractivity contribution in [2.45, 2.75) is 19.8 Å². The number of rotatable bonds is 13. The summed E-state index contributed by atoms with van der Waals surface area (Å²) in [4.78, 5) is 32.7. The molecule has 11 heteroatoms. The number of carbonyl (C=O) groups is 3. The topological polar surface area (TPSA) is 149 Å². The maximum Gasteiger partial charge on any atom is 0.351 e. The minimum Gasteiger partial charge on any atom is -0.539 e. The first-order valence-corrected chi connectivity index (χ1v) is 12.6. The Morgan fingerprint density at radius 1 is 0.975 bits per heavy atom. The molecule has 0 atom stereocenters. The number of nitrogens with one attached hydrogen (secondary N) is 1. The molecule has 0 bridgehead atoms. The fourth-order valence-corrected chi connectivity index (χ4v) is 3.50. The van der Waals surface area contributed by atoms with E-state index >= 15 is 0 Å². The van der Waals surface area contributed by atoms with Crippen molar-refractivity contribution >= 4 is 34.8 Å². The molecule has 3 aromatic rings. The van der Waals surface area contributed by atoms with Crippen LogP contribution in [0.15, 0.2) is 47.1 Å². The van der Waals surface area contributed by atoms with E-state index in [-0.39, 0.29) is 5.78 Å². The van der Waals surface area contributed by atoms with Crippen LogP contribution in [0.4, 0.5) is 0 Å². The first-order valence-electron chi connectivity index (χ1n) is 12.6. The lowest BCUT2D eigenvalue weighted by molar-refractivity contribution is -0.858. The zero-order valence-corrected chi connectivity index (χ0v) is 23.3. The van der Waals surface area contributed by atoms with Gasteiger partial charge in [-0.1, -0.05) is 31.6 Å². The molecule has 216 valence electrons. The summed E-state index contributed by atoms with van der Waals surface area (Å²) in [6, 6.07) is 9.39. The number of furan rings is 1. The van der Waals surface area contributed by atoms with Crippen LogP contribution in [0.5, 0.6) is 23.0 Å². The average molecular weight is 558 g/mol. The normalized spacial score (nSPS) is 10.8. The number of aliphatic carboxylic acids is 2. The molecule has 2 N–H and O–H groups in total. The first kappa shape index (κ1) is 31.7. The van der Waals surface area contributed by atoms with Crippen molar-refractivity contribution in [1.82, 2.24) is 0 Å². The molecule has 0 amide bonds. The van der Waals surface area contributed by atoms with Crippen LogP contribution in [0.1, 0.15) is 35.7 Å². The van der Waals surface area contributed by atoms with Gasteiger partial charge in [0.2, 0.25) is 5.75 Å². The number of allylic oxidation sites excluding steroid dienone is 1. The van der Waals surface area contributed by atoms with Crippen molar-refractivity contribution in [1.29, 1.82) is 0 Å². The molecule has 0 radical (unpaired) electrons. The smallest absolute Gasteiger partial charge is 0.351 e. The third kappa shape index (κ3) is 8.77. The molecule has 0 aliphatic carbocycles. The summed E-state index contributed by atoms with van der Waals surface area (Å²) in [6.45, 7) is 3.97. The van der Waals surface area contributed by atoms with Gasteiger partial charge in [-0.3, -0.25) is 4.79 Å². The number of unbranched alkanes of at least 4 members (excludes halogenated alkanes) is 1. The fourth-order valence-electron chi connectivity index (χ4n) is 3.50. The zero-order valence-electron chi connectivity index (χ0n) is 23.3. The maximum atomic E-state index is 13.4. The van der Waals surface area contributed by atoms with Crippen molar-refractivity contribution in [3.63, 3.8) is 0 Å². The number of hydrogen-bond acceptors (Lipinski definition) is 9.